The molecular formula is C26H25ClF6N4O2S. The van der Waals surface area contributed by atoms with Gasteiger partial charge in [0.05, 0.1) is 46.6 Å². The topological polar surface area (TPSA) is 61.6 Å². The van der Waals surface area contributed by atoms with Crippen LogP contribution in [0, 0.1) is 11.3 Å². The highest BCUT2D eigenvalue weighted by atomic mass is 35.5. The van der Waals surface area contributed by atoms with Crippen LogP contribution in [0.2, 0.25) is 5.02 Å². The average Bonchev–Trinajstić information content (AvgIpc) is 2.91. The van der Waals surface area contributed by atoms with Crippen molar-refractivity contribution in [2.75, 3.05) is 37.7 Å². The predicted molar refractivity (Wildman–Crippen MR) is 139 cm³/mol. The van der Waals surface area contributed by atoms with Crippen molar-refractivity contribution in [3.63, 3.8) is 0 Å². The third kappa shape index (κ3) is 7.47. The van der Waals surface area contributed by atoms with Crippen molar-refractivity contribution in [1.29, 1.82) is 5.26 Å². The molecule has 1 aromatic heterocycles. The minimum Gasteiger partial charge on any atom is -0.490 e. The Labute approximate surface area is 237 Å². The number of benzene rings is 1. The molecule has 4 rings (SSSR count). The van der Waals surface area contributed by atoms with E-state index in [9.17, 15) is 26.3 Å². The summed E-state index contributed by atoms with van der Waals surface area (Å²) in [4.78, 5) is 8.32. The zero-order chi connectivity index (χ0) is 29.1. The highest BCUT2D eigenvalue weighted by Gasteiger charge is 2.35. The Kier molecular flexibility index (Phi) is 9.32. The van der Waals surface area contributed by atoms with E-state index in [1.165, 1.54) is 6.07 Å². The fraction of sp³-hybridized carbons (Fsp3) is 0.500. The number of aromatic nitrogens is 1. The molecule has 1 saturated carbocycles. The van der Waals surface area contributed by atoms with Crippen LogP contribution in [0.1, 0.15) is 42.4 Å². The molecule has 0 bridgehead atoms. The number of nitrogens with zero attached hydrogens (tertiary/aromatic N) is 4. The molecule has 1 aliphatic heterocycles. The summed E-state index contributed by atoms with van der Waals surface area (Å²) in [6, 6.07) is 5.77. The molecule has 0 atom stereocenters. The van der Waals surface area contributed by atoms with E-state index < -0.39 is 29.0 Å². The average molecular weight is 607 g/mol. The smallest absolute Gasteiger partial charge is 0.417 e. The lowest BCUT2D eigenvalue weighted by atomic mass is 9.95. The van der Waals surface area contributed by atoms with Crippen LogP contribution in [0.25, 0.3) is 0 Å². The summed E-state index contributed by atoms with van der Waals surface area (Å²) in [6.45, 7) is 2.26. The third-order valence-electron chi connectivity index (χ3n) is 6.86. The van der Waals surface area contributed by atoms with Crippen LogP contribution in [0.4, 0.5) is 32.2 Å². The Hall–Kier alpha value is -2.82. The number of thiocarbonyl (C=S) groups is 1. The van der Waals surface area contributed by atoms with E-state index in [2.05, 4.69) is 4.98 Å². The number of rotatable bonds is 6. The molecule has 2 aromatic rings. The molecule has 2 aliphatic rings. The number of alkyl halides is 6. The normalized spacial score (nSPS) is 20.2. The summed E-state index contributed by atoms with van der Waals surface area (Å²) in [6.07, 6.45) is -6.22. The van der Waals surface area contributed by atoms with E-state index in [-0.39, 0.29) is 29.6 Å². The first kappa shape index (κ1) is 30.1. The van der Waals surface area contributed by atoms with Gasteiger partial charge in [0.2, 0.25) is 0 Å². The minimum atomic E-state index is -4.65. The van der Waals surface area contributed by atoms with E-state index >= 15 is 0 Å². The largest absolute Gasteiger partial charge is 0.490 e. The zero-order valence-electron chi connectivity index (χ0n) is 21.1. The molecule has 6 nitrogen and oxygen atoms in total. The number of hydrogen-bond donors (Lipinski definition) is 0. The van der Waals surface area contributed by atoms with Gasteiger partial charge in [-0.15, -0.1) is 0 Å². The molecule has 0 radical (unpaired) electrons. The van der Waals surface area contributed by atoms with Crippen molar-refractivity contribution in [3.8, 4) is 11.8 Å². The van der Waals surface area contributed by atoms with Gasteiger partial charge in [0.1, 0.15) is 16.6 Å². The van der Waals surface area contributed by atoms with Crippen LogP contribution in [-0.2, 0) is 17.1 Å². The van der Waals surface area contributed by atoms with Gasteiger partial charge in [0.25, 0.3) is 0 Å². The molecule has 1 saturated heterocycles. The Balaban J connectivity index is 1.20. The molecule has 0 spiro atoms. The molecule has 40 heavy (non-hydrogen) atoms. The molecule has 216 valence electrons. The maximum absolute atomic E-state index is 13.2. The lowest BCUT2D eigenvalue weighted by molar-refractivity contribution is -0.138. The van der Waals surface area contributed by atoms with Gasteiger partial charge in [0.15, 0.2) is 0 Å². The zero-order valence-corrected chi connectivity index (χ0v) is 22.6. The van der Waals surface area contributed by atoms with Crippen LogP contribution in [0.5, 0.6) is 5.75 Å². The van der Waals surface area contributed by atoms with Crippen molar-refractivity contribution < 1.29 is 35.8 Å². The van der Waals surface area contributed by atoms with Crippen molar-refractivity contribution in [2.45, 2.75) is 50.2 Å². The van der Waals surface area contributed by atoms with Crippen molar-refractivity contribution >= 4 is 34.6 Å². The van der Waals surface area contributed by atoms with Crippen LogP contribution < -0.4 is 9.64 Å². The van der Waals surface area contributed by atoms with Gasteiger partial charge in [-0.05, 0) is 49.9 Å². The number of halogens is 7. The summed E-state index contributed by atoms with van der Waals surface area (Å²) in [5.41, 5.74) is -2.37. The van der Waals surface area contributed by atoms with E-state index in [0.717, 1.165) is 24.4 Å². The molecule has 2 fully saturated rings. The fourth-order valence-corrected chi connectivity index (χ4v) is 5.24. The lowest BCUT2D eigenvalue weighted by Crippen LogP contribution is -2.49. The Morgan fingerprint density at radius 2 is 1.65 bits per heavy atom. The summed E-state index contributed by atoms with van der Waals surface area (Å²) in [5.74, 6) is 0.370. The van der Waals surface area contributed by atoms with E-state index in [1.807, 2.05) is 9.80 Å². The van der Waals surface area contributed by atoms with Gasteiger partial charge in [-0.1, -0.05) is 23.8 Å². The van der Waals surface area contributed by atoms with Gasteiger partial charge in [0, 0.05) is 32.4 Å². The second kappa shape index (κ2) is 12.4. The van der Waals surface area contributed by atoms with Crippen LogP contribution in [0.15, 0.2) is 30.5 Å². The van der Waals surface area contributed by atoms with Gasteiger partial charge in [-0.25, -0.2) is 4.98 Å². The summed E-state index contributed by atoms with van der Waals surface area (Å²) >= 11 is 11.6. The first-order valence-electron chi connectivity index (χ1n) is 12.5. The first-order valence-corrected chi connectivity index (χ1v) is 13.3. The Morgan fingerprint density at radius 3 is 2.23 bits per heavy atom. The third-order valence-corrected chi connectivity index (χ3v) is 7.52. The van der Waals surface area contributed by atoms with E-state index in [1.54, 1.807) is 6.07 Å². The molecule has 14 heteroatoms. The summed E-state index contributed by atoms with van der Waals surface area (Å²) < 4.78 is 90.0. The maximum Gasteiger partial charge on any atom is 0.417 e. The van der Waals surface area contributed by atoms with Crippen LogP contribution in [0.3, 0.4) is 0 Å². The second-order valence-corrected chi connectivity index (χ2v) is 10.4. The number of anilines is 1. The van der Waals surface area contributed by atoms with E-state index in [4.69, 9.17) is 38.6 Å². The number of ether oxygens (including phenoxy) is 2. The number of hydrogen-bond acceptors (Lipinski definition) is 6. The van der Waals surface area contributed by atoms with Gasteiger partial charge in [-0.3, -0.25) is 0 Å². The monoisotopic (exact) mass is 606 g/mol. The quantitative estimate of drug-likeness (QED) is 0.275. The van der Waals surface area contributed by atoms with Crippen LogP contribution in [-0.4, -0.2) is 59.9 Å². The van der Waals surface area contributed by atoms with Crippen molar-refractivity contribution in [3.05, 3.63) is 52.2 Å². The molecule has 0 N–H and O–H groups in total. The number of pyridine rings is 1. The molecule has 0 amide bonds. The van der Waals surface area contributed by atoms with Crippen molar-refractivity contribution in [1.82, 2.24) is 9.88 Å². The van der Waals surface area contributed by atoms with Crippen molar-refractivity contribution in [2.24, 2.45) is 0 Å². The maximum atomic E-state index is 13.2. The number of nitriles is 1. The first-order chi connectivity index (χ1) is 18.8. The van der Waals surface area contributed by atoms with Gasteiger partial charge >= 0.3 is 12.4 Å². The predicted octanol–water partition coefficient (Wildman–Crippen LogP) is 6.50. The van der Waals surface area contributed by atoms with Gasteiger partial charge < -0.3 is 19.3 Å². The molecular weight excluding hydrogens is 582 g/mol. The summed E-state index contributed by atoms with van der Waals surface area (Å²) in [5, 5.41) is 8.88. The standard InChI is InChI=1S/C26H25ClF6N4O2S/c27-22-11-17(25(28,29)30)14-35-24(22)37-9-7-36(8-10-37)23(40)15-38-18-3-5-19(6-4-18)39-20-2-1-16(13-34)21(12-20)26(31,32)33/h1-2,11-12,14,18-19H,3-10,15H2. The SMILES string of the molecule is N#Cc1ccc(OC2CCC(OCC(=S)N3CCN(c4ncc(C(F)(F)F)cc4Cl)CC3)CC2)cc1C(F)(F)F. The molecule has 1 aliphatic carbocycles. The highest BCUT2D eigenvalue weighted by Crippen LogP contribution is 2.36. The lowest BCUT2D eigenvalue weighted by Gasteiger charge is -2.37. The fourth-order valence-electron chi connectivity index (χ4n) is 4.70. The minimum absolute atomic E-state index is 0.0614. The number of piperazine rings is 1. The Bertz CT molecular complexity index is 1250. The summed E-state index contributed by atoms with van der Waals surface area (Å²) in [7, 11) is 0. The Morgan fingerprint density at radius 1 is 1.00 bits per heavy atom. The van der Waals surface area contributed by atoms with Gasteiger partial charge in [-0.2, -0.15) is 31.6 Å². The second-order valence-electron chi connectivity index (χ2n) is 9.54. The molecule has 2 heterocycles. The molecule has 1 aromatic carbocycles. The molecule has 0 unspecified atom stereocenters. The van der Waals surface area contributed by atoms with Crippen LogP contribution >= 0.6 is 23.8 Å². The van der Waals surface area contributed by atoms with E-state index in [0.29, 0.717) is 62.7 Å². The highest BCUT2D eigenvalue weighted by molar-refractivity contribution is 7.80.